The Kier molecular flexibility index (Phi) is 4.67. The topological polar surface area (TPSA) is 100 Å². The molecule has 1 aromatic rings. The number of fused-ring (bicyclic) bond motifs is 1. The number of aromatic nitrogens is 3. The maximum absolute atomic E-state index is 12.8. The molecule has 3 rings (SSSR count). The number of halogens is 3. The SMILES string of the molecule is COCc1n[nH]nc1C(=O)N1[C@H](CNC(=O)CC(F)(F)F)C[C@@H]2C[C@@H]21. The second-order valence-corrected chi connectivity index (χ2v) is 6.31. The molecule has 25 heavy (non-hydrogen) atoms. The van der Waals surface area contributed by atoms with Crippen molar-refractivity contribution in [3.05, 3.63) is 11.4 Å². The van der Waals surface area contributed by atoms with Crippen LogP contribution in [0.15, 0.2) is 0 Å². The van der Waals surface area contributed by atoms with Crippen LogP contribution in [-0.4, -0.2) is 64.0 Å². The second-order valence-electron chi connectivity index (χ2n) is 6.31. The van der Waals surface area contributed by atoms with Crippen LogP contribution in [0.25, 0.3) is 0 Å². The number of carbonyl (C=O) groups is 2. The van der Waals surface area contributed by atoms with Gasteiger partial charge in [0.25, 0.3) is 5.91 Å². The summed E-state index contributed by atoms with van der Waals surface area (Å²) in [6.07, 6.45) is -4.56. The molecule has 3 atom stereocenters. The fourth-order valence-corrected chi connectivity index (χ4v) is 3.32. The number of hydrogen-bond acceptors (Lipinski definition) is 5. The number of methoxy groups -OCH3 is 1. The maximum atomic E-state index is 12.8. The first-order valence-electron chi connectivity index (χ1n) is 7.85. The maximum Gasteiger partial charge on any atom is 0.397 e. The number of nitrogens with zero attached hydrogens (tertiary/aromatic N) is 3. The van der Waals surface area contributed by atoms with Gasteiger partial charge in [-0.25, -0.2) is 0 Å². The minimum atomic E-state index is -4.55. The van der Waals surface area contributed by atoms with Gasteiger partial charge in [0.05, 0.1) is 12.6 Å². The van der Waals surface area contributed by atoms with Gasteiger partial charge in [0.15, 0.2) is 5.69 Å². The summed E-state index contributed by atoms with van der Waals surface area (Å²) in [6, 6.07) is -0.301. The average Bonchev–Trinajstić information content (AvgIpc) is 2.95. The minimum Gasteiger partial charge on any atom is -0.378 e. The summed E-state index contributed by atoms with van der Waals surface area (Å²) in [4.78, 5) is 25.8. The zero-order valence-corrected chi connectivity index (χ0v) is 13.5. The number of likely N-dealkylation sites (tertiary alicyclic amines) is 1. The number of alkyl halides is 3. The Hall–Kier alpha value is -2.17. The number of rotatable bonds is 6. The van der Waals surface area contributed by atoms with E-state index in [0.717, 1.165) is 6.42 Å². The van der Waals surface area contributed by atoms with Crippen molar-refractivity contribution in [2.45, 2.75) is 44.1 Å². The number of nitrogens with one attached hydrogen (secondary N) is 2. The van der Waals surface area contributed by atoms with Gasteiger partial charge in [-0.15, -0.1) is 0 Å². The molecule has 0 spiro atoms. The van der Waals surface area contributed by atoms with Gasteiger partial charge in [-0.1, -0.05) is 0 Å². The minimum absolute atomic E-state index is 0.00881. The number of hydrogen-bond donors (Lipinski definition) is 2. The van der Waals surface area contributed by atoms with Crippen LogP contribution in [0.3, 0.4) is 0 Å². The smallest absolute Gasteiger partial charge is 0.378 e. The molecule has 1 saturated carbocycles. The highest BCUT2D eigenvalue weighted by molar-refractivity contribution is 5.94. The van der Waals surface area contributed by atoms with Crippen LogP contribution in [0.4, 0.5) is 13.2 Å². The number of H-pyrrole nitrogens is 1. The molecule has 8 nitrogen and oxygen atoms in total. The predicted octanol–water partition coefficient (Wildman–Crippen LogP) is 0.623. The van der Waals surface area contributed by atoms with Gasteiger partial charge in [-0.3, -0.25) is 9.59 Å². The molecule has 2 amide bonds. The lowest BCUT2D eigenvalue weighted by Crippen LogP contribution is -2.46. The fraction of sp³-hybridized carbons (Fsp3) is 0.714. The van der Waals surface area contributed by atoms with Crippen molar-refractivity contribution in [1.29, 1.82) is 0 Å². The van der Waals surface area contributed by atoms with Gasteiger partial charge < -0.3 is 15.0 Å². The van der Waals surface area contributed by atoms with Crippen LogP contribution < -0.4 is 5.32 Å². The molecular weight excluding hydrogens is 343 g/mol. The predicted molar refractivity (Wildman–Crippen MR) is 77.2 cm³/mol. The zero-order chi connectivity index (χ0) is 18.2. The molecule has 1 aliphatic heterocycles. The van der Waals surface area contributed by atoms with Crippen molar-refractivity contribution < 1.29 is 27.5 Å². The Labute approximate surface area is 141 Å². The van der Waals surface area contributed by atoms with E-state index in [1.165, 1.54) is 7.11 Å². The van der Waals surface area contributed by atoms with Gasteiger partial charge in [0.1, 0.15) is 12.1 Å². The molecule has 0 radical (unpaired) electrons. The van der Waals surface area contributed by atoms with Crippen LogP contribution in [0, 0.1) is 5.92 Å². The monoisotopic (exact) mass is 361 g/mol. The molecule has 2 heterocycles. The summed E-state index contributed by atoms with van der Waals surface area (Å²) in [5, 5.41) is 12.4. The van der Waals surface area contributed by atoms with Crippen LogP contribution >= 0.6 is 0 Å². The molecule has 11 heteroatoms. The zero-order valence-electron chi connectivity index (χ0n) is 13.5. The Bertz CT molecular complexity index is 662. The lowest BCUT2D eigenvalue weighted by Gasteiger charge is -2.27. The summed E-state index contributed by atoms with van der Waals surface area (Å²) >= 11 is 0. The molecule has 2 N–H and O–H groups in total. The van der Waals surface area contributed by atoms with Crippen molar-refractivity contribution in [2.24, 2.45) is 5.92 Å². The van der Waals surface area contributed by atoms with E-state index in [4.69, 9.17) is 4.74 Å². The van der Waals surface area contributed by atoms with Crippen molar-refractivity contribution >= 4 is 11.8 Å². The Balaban J connectivity index is 1.64. The Morgan fingerprint density at radius 1 is 1.36 bits per heavy atom. The van der Waals surface area contributed by atoms with Gasteiger partial charge in [-0.2, -0.15) is 28.6 Å². The van der Waals surface area contributed by atoms with Gasteiger partial charge >= 0.3 is 6.18 Å². The van der Waals surface area contributed by atoms with E-state index >= 15 is 0 Å². The van der Waals surface area contributed by atoms with E-state index in [0.29, 0.717) is 18.0 Å². The Morgan fingerprint density at radius 2 is 2.12 bits per heavy atom. The van der Waals surface area contributed by atoms with E-state index in [1.54, 1.807) is 4.90 Å². The number of amides is 2. The molecule has 1 aliphatic carbocycles. The van der Waals surface area contributed by atoms with Crippen molar-refractivity contribution in [1.82, 2.24) is 25.6 Å². The molecule has 1 aromatic heterocycles. The molecular formula is C14H18F3N5O3. The third-order valence-electron chi connectivity index (χ3n) is 4.44. The van der Waals surface area contributed by atoms with Crippen LogP contribution in [0.5, 0.6) is 0 Å². The lowest BCUT2D eigenvalue weighted by atomic mass is 10.1. The van der Waals surface area contributed by atoms with E-state index in [2.05, 4.69) is 20.7 Å². The molecule has 0 unspecified atom stereocenters. The van der Waals surface area contributed by atoms with Crippen LogP contribution in [0.2, 0.25) is 0 Å². The summed E-state index contributed by atoms with van der Waals surface area (Å²) in [6.45, 7) is 0.109. The van der Waals surface area contributed by atoms with E-state index in [-0.39, 0.29) is 36.8 Å². The third-order valence-corrected chi connectivity index (χ3v) is 4.44. The standard InChI is InChI=1S/C14H18F3N5O3/c1-25-6-9-12(20-21-19-9)13(24)22-8(2-7-3-10(7)22)5-18-11(23)4-14(15,16)17/h7-8,10H,2-6H2,1H3,(H,18,23)(H,19,20,21)/t7-,8+,10+/m1/s1. The first-order chi connectivity index (χ1) is 11.8. The van der Waals surface area contributed by atoms with E-state index in [1.807, 2.05) is 0 Å². The molecule has 1 saturated heterocycles. The lowest BCUT2D eigenvalue weighted by molar-refractivity contribution is -0.153. The molecule has 138 valence electrons. The van der Waals surface area contributed by atoms with Crippen LogP contribution in [0.1, 0.15) is 35.4 Å². The van der Waals surface area contributed by atoms with Gasteiger partial charge in [0.2, 0.25) is 5.91 Å². The molecule has 0 aromatic carbocycles. The summed E-state index contributed by atoms with van der Waals surface area (Å²) in [5.41, 5.74) is 0.512. The Morgan fingerprint density at radius 3 is 2.80 bits per heavy atom. The van der Waals surface area contributed by atoms with Crippen molar-refractivity contribution in [2.75, 3.05) is 13.7 Å². The number of carbonyl (C=O) groups excluding carboxylic acids is 2. The van der Waals surface area contributed by atoms with E-state index in [9.17, 15) is 22.8 Å². The normalized spacial score (nSPS) is 25.0. The van der Waals surface area contributed by atoms with Crippen molar-refractivity contribution in [3.8, 4) is 0 Å². The van der Waals surface area contributed by atoms with Crippen LogP contribution in [-0.2, 0) is 16.1 Å². The van der Waals surface area contributed by atoms with Gasteiger partial charge in [-0.05, 0) is 18.8 Å². The molecule has 2 fully saturated rings. The first-order valence-corrected chi connectivity index (χ1v) is 7.85. The summed E-state index contributed by atoms with van der Waals surface area (Å²) < 4.78 is 41.7. The highest BCUT2D eigenvalue weighted by Gasteiger charge is 2.54. The molecule has 2 aliphatic rings. The quantitative estimate of drug-likeness (QED) is 0.774. The number of ether oxygens (including phenoxy) is 1. The summed E-state index contributed by atoms with van der Waals surface area (Å²) in [5.74, 6) is -1.12. The second kappa shape index (κ2) is 6.62. The number of piperidine rings is 1. The number of aromatic amines is 1. The largest absolute Gasteiger partial charge is 0.397 e. The highest BCUT2D eigenvalue weighted by Crippen LogP contribution is 2.48. The van der Waals surface area contributed by atoms with Crippen molar-refractivity contribution in [3.63, 3.8) is 0 Å². The van der Waals surface area contributed by atoms with E-state index < -0.39 is 18.5 Å². The third kappa shape index (κ3) is 3.91. The first kappa shape index (κ1) is 17.6. The molecule has 0 bridgehead atoms. The average molecular weight is 361 g/mol. The van der Waals surface area contributed by atoms with Gasteiger partial charge in [0, 0.05) is 19.7 Å². The summed E-state index contributed by atoms with van der Waals surface area (Å²) in [7, 11) is 1.47. The fourth-order valence-electron chi connectivity index (χ4n) is 3.32. The highest BCUT2D eigenvalue weighted by atomic mass is 19.4.